The van der Waals surface area contributed by atoms with Gasteiger partial charge in [-0.25, -0.2) is 9.00 Å². The lowest BCUT2D eigenvalue weighted by molar-refractivity contribution is -0.150. The van der Waals surface area contributed by atoms with Gasteiger partial charge in [0.1, 0.15) is 12.1 Å². The van der Waals surface area contributed by atoms with Crippen LogP contribution in [0.15, 0.2) is 28.7 Å². The van der Waals surface area contributed by atoms with E-state index in [4.69, 9.17) is 0 Å². The van der Waals surface area contributed by atoms with Crippen LogP contribution < -0.4 is 10.6 Å². The summed E-state index contributed by atoms with van der Waals surface area (Å²) in [5, 5.41) is 14.7. The van der Waals surface area contributed by atoms with Crippen LogP contribution in [0.2, 0.25) is 0 Å². The number of benzene rings is 1. The molecule has 2 rings (SSSR count). The minimum Gasteiger partial charge on any atom is -0.475 e. The summed E-state index contributed by atoms with van der Waals surface area (Å²) in [7, 11) is 0.647. The molecule has 1 aromatic rings. The Morgan fingerprint density at radius 3 is 2.37 bits per heavy atom. The van der Waals surface area contributed by atoms with Crippen LogP contribution >= 0.6 is 26.7 Å². The third-order valence-corrected chi connectivity index (χ3v) is 9.84. The number of hydrogen-bond donors (Lipinski definition) is 3. The molecular formula is C24H33BrN2O6S2. The summed E-state index contributed by atoms with van der Waals surface area (Å²) < 4.78 is 12.7. The van der Waals surface area contributed by atoms with Crippen LogP contribution in [-0.4, -0.2) is 56.0 Å². The number of carbonyl (C=O) groups excluding carboxylic acids is 3. The highest BCUT2D eigenvalue weighted by atomic mass is 79.9. The molecule has 1 heterocycles. The van der Waals surface area contributed by atoms with Gasteiger partial charge in [-0.2, -0.15) is 0 Å². The number of halogens is 1. The highest BCUT2D eigenvalue weighted by Gasteiger charge is 2.30. The number of carbonyl (C=O) groups is 4. The van der Waals surface area contributed by atoms with Crippen molar-refractivity contribution < 1.29 is 28.5 Å². The molecule has 0 aromatic heterocycles. The average Bonchev–Trinajstić information content (AvgIpc) is 3.20. The van der Waals surface area contributed by atoms with Crippen LogP contribution in [-0.2, 0) is 35.4 Å². The van der Waals surface area contributed by atoms with Crippen LogP contribution in [0.3, 0.4) is 0 Å². The summed E-state index contributed by atoms with van der Waals surface area (Å²) in [6, 6.07) is 4.89. The van der Waals surface area contributed by atoms with Crippen molar-refractivity contribution in [1.82, 2.24) is 10.6 Å². The van der Waals surface area contributed by atoms with E-state index < -0.39 is 39.6 Å². The summed E-state index contributed by atoms with van der Waals surface area (Å²) in [5.41, 5.74) is 0.694. The quantitative estimate of drug-likeness (QED) is 0.172. The van der Waals surface area contributed by atoms with Gasteiger partial charge < -0.3 is 15.7 Å². The lowest BCUT2D eigenvalue weighted by Gasteiger charge is -2.23. The Hall–Kier alpha value is -1.72. The zero-order valence-electron chi connectivity index (χ0n) is 20.0. The second-order valence-electron chi connectivity index (χ2n) is 9.05. The number of amides is 2. The number of Topliss-reactive ketones (excluding diaryl/α,β-unsaturated/α-hetero) is 1. The fourth-order valence-electron chi connectivity index (χ4n) is 3.81. The maximum Gasteiger partial charge on any atom is 0.374 e. The lowest BCUT2D eigenvalue weighted by Crippen LogP contribution is -2.53. The van der Waals surface area contributed by atoms with E-state index in [0.29, 0.717) is 18.4 Å². The molecule has 194 valence electrons. The molecule has 0 bridgehead atoms. The van der Waals surface area contributed by atoms with Gasteiger partial charge in [-0.15, -0.1) is 0 Å². The maximum absolute atomic E-state index is 13.0. The molecule has 4 atom stereocenters. The molecule has 2 amide bonds. The van der Waals surface area contributed by atoms with E-state index in [-0.39, 0.29) is 29.9 Å². The molecule has 1 saturated heterocycles. The number of carboxylic acid groups (broad SMARTS) is 1. The van der Waals surface area contributed by atoms with Gasteiger partial charge in [0.05, 0.1) is 9.83 Å². The summed E-state index contributed by atoms with van der Waals surface area (Å²) in [5.74, 6) is -2.60. The zero-order chi connectivity index (χ0) is 26.0. The SMILES string of the molecule is CC(C)C[C@H](NC(=O)CCCCC1CCSS1=O)C(=O)N[C@@H](Cc1ccc(Br)cc1)C(=O)C(=O)O. The number of hydrogen-bond acceptors (Lipinski definition) is 6. The molecule has 0 spiro atoms. The molecule has 11 heteroatoms. The van der Waals surface area contributed by atoms with Crippen molar-refractivity contribution in [3.05, 3.63) is 34.3 Å². The van der Waals surface area contributed by atoms with E-state index in [0.717, 1.165) is 29.5 Å². The highest BCUT2D eigenvalue weighted by molar-refractivity contribution is 9.10. The fourth-order valence-corrected chi connectivity index (χ4v) is 7.57. The Bertz CT molecular complexity index is 925. The van der Waals surface area contributed by atoms with Gasteiger partial charge in [-0.3, -0.25) is 14.4 Å². The smallest absolute Gasteiger partial charge is 0.374 e. The molecule has 1 aromatic carbocycles. The summed E-state index contributed by atoms with van der Waals surface area (Å²) in [4.78, 5) is 49.2. The Morgan fingerprint density at radius 1 is 1.11 bits per heavy atom. The topological polar surface area (TPSA) is 130 Å². The molecule has 2 unspecified atom stereocenters. The summed E-state index contributed by atoms with van der Waals surface area (Å²) in [6.07, 6.45) is 3.78. The van der Waals surface area contributed by atoms with E-state index >= 15 is 0 Å². The fraction of sp³-hybridized carbons (Fsp3) is 0.583. The van der Waals surface area contributed by atoms with E-state index in [1.807, 2.05) is 13.8 Å². The number of nitrogens with one attached hydrogen (secondary N) is 2. The van der Waals surface area contributed by atoms with Gasteiger partial charge >= 0.3 is 5.97 Å². The first-order chi connectivity index (χ1) is 16.6. The average molecular weight is 590 g/mol. The van der Waals surface area contributed by atoms with Crippen LogP contribution in [0.4, 0.5) is 0 Å². The third kappa shape index (κ3) is 10.4. The minimum atomic E-state index is -1.63. The van der Waals surface area contributed by atoms with Crippen molar-refractivity contribution in [3.63, 3.8) is 0 Å². The Labute approximate surface area is 220 Å². The number of ketones is 1. The second-order valence-corrected chi connectivity index (χ2v) is 13.5. The summed E-state index contributed by atoms with van der Waals surface area (Å²) >= 11 is 3.33. The Morgan fingerprint density at radius 2 is 1.80 bits per heavy atom. The monoisotopic (exact) mass is 588 g/mol. The van der Waals surface area contributed by atoms with Crippen molar-refractivity contribution in [2.24, 2.45) is 5.92 Å². The van der Waals surface area contributed by atoms with Gasteiger partial charge in [0.25, 0.3) is 5.78 Å². The molecule has 1 fully saturated rings. The lowest BCUT2D eigenvalue weighted by atomic mass is 9.99. The highest BCUT2D eigenvalue weighted by Crippen LogP contribution is 2.29. The number of unbranched alkanes of at least 4 members (excludes halogenated alkanes) is 1. The normalized spacial score (nSPS) is 19.2. The van der Waals surface area contributed by atoms with Crippen LogP contribution in [0, 0.1) is 5.92 Å². The van der Waals surface area contributed by atoms with Crippen molar-refractivity contribution in [3.8, 4) is 0 Å². The van der Waals surface area contributed by atoms with Gasteiger partial charge in [0.2, 0.25) is 11.8 Å². The first kappa shape index (κ1) is 29.5. The maximum atomic E-state index is 13.0. The Kier molecular flexibility index (Phi) is 12.4. The first-order valence-corrected chi connectivity index (χ1v) is 15.2. The van der Waals surface area contributed by atoms with Crippen LogP contribution in [0.5, 0.6) is 0 Å². The largest absolute Gasteiger partial charge is 0.475 e. The second kappa shape index (κ2) is 14.7. The van der Waals surface area contributed by atoms with Crippen LogP contribution in [0.1, 0.15) is 57.9 Å². The van der Waals surface area contributed by atoms with E-state index in [9.17, 15) is 28.5 Å². The Balaban J connectivity index is 1.96. The van der Waals surface area contributed by atoms with Gasteiger partial charge in [0, 0.05) is 28.3 Å². The molecule has 1 aliphatic heterocycles. The third-order valence-electron chi connectivity index (χ3n) is 5.65. The zero-order valence-corrected chi connectivity index (χ0v) is 23.2. The van der Waals surface area contributed by atoms with Crippen molar-refractivity contribution in [2.75, 3.05) is 5.75 Å². The molecule has 8 nitrogen and oxygen atoms in total. The van der Waals surface area contributed by atoms with Gasteiger partial charge in [-0.05, 0) is 49.3 Å². The number of rotatable bonds is 14. The number of aliphatic carboxylic acids is 1. The molecule has 1 aliphatic rings. The standard InChI is InChI=1S/C24H33BrN2O6S2/c1-15(2)13-20(26-21(28)6-4-3-5-18-11-12-34-35(18)33)23(30)27-19(22(29)24(31)32)14-16-7-9-17(25)10-8-16/h7-10,15,18-20H,3-6,11-14H2,1-2H3,(H,26,28)(H,27,30)(H,31,32)/t18?,19-,20-,35?/m0/s1. The first-order valence-electron chi connectivity index (χ1n) is 11.7. The molecule has 0 radical (unpaired) electrons. The number of carboxylic acids is 1. The summed E-state index contributed by atoms with van der Waals surface area (Å²) in [6.45, 7) is 3.82. The molecular weight excluding hydrogens is 556 g/mol. The van der Waals surface area contributed by atoms with Gasteiger partial charge in [-0.1, -0.05) is 59.1 Å². The molecule has 0 aliphatic carbocycles. The van der Waals surface area contributed by atoms with Crippen molar-refractivity contribution >= 4 is 60.1 Å². The van der Waals surface area contributed by atoms with Crippen molar-refractivity contribution in [1.29, 1.82) is 0 Å². The minimum absolute atomic E-state index is 0.0212. The predicted octanol–water partition coefficient (Wildman–Crippen LogP) is 3.39. The van der Waals surface area contributed by atoms with Crippen molar-refractivity contribution in [2.45, 2.75) is 76.1 Å². The predicted molar refractivity (Wildman–Crippen MR) is 141 cm³/mol. The van der Waals surface area contributed by atoms with E-state index in [1.54, 1.807) is 24.3 Å². The van der Waals surface area contributed by atoms with Gasteiger partial charge in [0.15, 0.2) is 0 Å². The van der Waals surface area contributed by atoms with Crippen LogP contribution in [0.25, 0.3) is 0 Å². The van der Waals surface area contributed by atoms with E-state index in [2.05, 4.69) is 26.6 Å². The molecule has 0 saturated carbocycles. The molecule has 35 heavy (non-hydrogen) atoms. The van der Waals surface area contributed by atoms with E-state index in [1.165, 1.54) is 10.8 Å². The molecule has 3 N–H and O–H groups in total.